The molecule has 0 aliphatic carbocycles. The van der Waals surface area contributed by atoms with Gasteiger partial charge in [-0.3, -0.25) is 9.69 Å². The van der Waals surface area contributed by atoms with Crippen LogP contribution in [0.4, 0.5) is 19.6 Å². The summed E-state index contributed by atoms with van der Waals surface area (Å²) in [4.78, 5) is 20.7. The van der Waals surface area contributed by atoms with Gasteiger partial charge in [0, 0.05) is 43.4 Å². The van der Waals surface area contributed by atoms with Gasteiger partial charge < -0.3 is 15.0 Å². The average molecular weight is 368 g/mol. The molecule has 3 rings (SSSR count). The standard InChI is InChI=1S/C16H18F2N4O2S/c17-15(18)24-13-3-1-12(2-4-13)20-14(23)11-21-6-8-22(9-7-21)16-19-5-10-25-16/h1-5,10,15H,6-9,11H2,(H,20,23). The summed E-state index contributed by atoms with van der Waals surface area (Å²) in [6.45, 7) is 0.674. The number of amides is 1. The number of carbonyl (C=O) groups is 1. The first-order valence-corrected chi connectivity index (χ1v) is 8.69. The fourth-order valence-electron chi connectivity index (χ4n) is 2.59. The Bertz CT molecular complexity index is 674. The number of aromatic nitrogens is 1. The van der Waals surface area contributed by atoms with Gasteiger partial charge in [-0.15, -0.1) is 11.3 Å². The number of anilines is 2. The van der Waals surface area contributed by atoms with E-state index in [9.17, 15) is 13.6 Å². The lowest BCUT2D eigenvalue weighted by molar-refractivity contribution is -0.117. The van der Waals surface area contributed by atoms with Crippen molar-refractivity contribution in [2.45, 2.75) is 6.61 Å². The summed E-state index contributed by atoms with van der Waals surface area (Å²) in [6.07, 6.45) is 1.79. The first-order chi connectivity index (χ1) is 12.1. The Balaban J connectivity index is 1.44. The molecule has 0 radical (unpaired) electrons. The first-order valence-electron chi connectivity index (χ1n) is 7.82. The third-order valence-electron chi connectivity index (χ3n) is 3.79. The van der Waals surface area contributed by atoms with Crippen molar-refractivity contribution in [1.29, 1.82) is 0 Å². The predicted molar refractivity (Wildman–Crippen MR) is 92.5 cm³/mol. The van der Waals surface area contributed by atoms with Crippen LogP contribution in [0.3, 0.4) is 0 Å². The minimum absolute atomic E-state index is 0.0614. The maximum atomic E-state index is 12.1. The van der Waals surface area contributed by atoms with Crippen LogP contribution in [0.5, 0.6) is 5.75 Å². The highest BCUT2D eigenvalue weighted by Crippen LogP contribution is 2.19. The average Bonchev–Trinajstić information content (AvgIpc) is 3.11. The quantitative estimate of drug-likeness (QED) is 0.849. The summed E-state index contributed by atoms with van der Waals surface area (Å²) in [5.74, 6) is -0.0727. The van der Waals surface area contributed by atoms with Crippen LogP contribution in [-0.4, -0.2) is 55.1 Å². The summed E-state index contributed by atoms with van der Waals surface area (Å²) in [7, 11) is 0. The number of piperazine rings is 1. The molecule has 1 aliphatic rings. The lowest BCUT2D eigenvalue weighted by Gasteiger charge is -2.34. The van der Waals surface area contributed by atoms with E-state index in [0.717, 1.165) is 31.3 Å². The Morgan fingerprint density at radius 1 is 1.24 bits per heavy atom. The second-order valence-electron chi connectivity index (χ2n) is 5.53. The van der Waals surface area contributed by atoms with Gasteiger partial charge in [0.05, 0.1) is 6.54 Å². The molecular weight excluding hydrogens is 350 g/mol. The molecule has 0 bridgehead atoms. The minimum atomic E-state index is -2.86. The van der Waals surface area contributed by atoms with E-state index in [1.165, 1.54) is 24.3 Å². The normalized spacial score (nSPS) is 15.4. The van der Waals surface area contributed by atoms with Crippen molar-refractivity contribution in [3.8, 4) is 5.75 Å². The molecule has 6 nitrogen and oxygen atoms in total. The Morgan fingerprint density at radius 2 is 1.96 bits per heavy atom. The Kier molecular flexibility index (Phi) is 5.77. The van der Waals surface area contributed by atoms with Crippen LogP contribution in [0, 0.1) is 0 Å². The molecule has 0 saturated carbocycles. The molecule has 1 fully saturated rings. The summed E-state index contributed by atoms with van der Waals surface area (Å²) in [5, 5.41) is 5.72. The number of ether oxygens (including phenoxy) is 1. The fourth-order valence-corrected chi connectivity index (χ4v) is 3.29. The molecule has 1 aliphatic heterocycles. The maximum absolute atomic E-state index is 12.1. The SMILES string of the molecule is O=C(CN1CCN(c2nccs2)CC1)Nc1ccc(OC(F)F)cc1. The number of hydrogen-bond acceptors (Lipinski definition) is 6. The first kappa shape index (κ1) is 17.6. The second-order valence-corrected chi connectivity index (χ2v) is 6.40. The highest BCUT2D eigenvalue weighted by atomic mass is 32.1. The lowest BCUT2D eigenvalue weighted by Crippen LogP contribution is -2.48. The van der Waals surface area contributed by atoms with Crippen molar-refractivity contribution < 1.29 is 18.3 Å². The fraction of sp³-hybridized carbons (Fsp3) is 0.375. The molecule has 134 valence electrons. The molecule has 1 aromatic carbocycles. The molecule has 9 heteroatoms. The van der Waals surface area contributed by atoms with Gasteiger partial charge in [-0.05, 0) is 24.3 Å². The van der Waals surface area contributed by atoms with Crippen molar-refractivity contribution >= 4 is 28.1 Å². The molecule has 1 saturated heterocycles. The number of rotatable bonds is 6. The zero-order valence-electron chi connectivity index (χ0n) is 13.4. The van der Waals surface area contributed by atoms with Gasteiger partial charge in [-0.25, -0.2) is 4.98 Å². The molecular formula is C16H18F2N4O2S. The molecule has 1 N–H and O–H groups in total. The van der Waals surface area contributed by atoms with Gasteiger partial charge in [-0.2, -0.15) is 8.78 Å². The summed E-state index contributed by atoms with van der Waals surface area (Å²) >= 11 is 1.61. The van der Waals surface area contributed by atoms with Gasteiger partial charge in [0.2, 0.25) is 5.91 Å². The van der Waals surface area contributed by atoms with Crippen LogP contribution in [0.25, 0.3) is 0 Å². The van der Waals surface area contributed by atoms with Gasteiger partial charge >= 0.3 is 6.61 Å². The van der Waals surface area contributed by atoms with Crippen molar-refractivity contribution in [2.75, 3.05) is 42.9 Å². The molecule has 0 unspecified atom stereocenters. The summed E-state index contributed by atoms with van der Waals surface area (Å²) in [5.41, 5.74) is 0.549. The molecule has 2 aromatic rings. The maximum Gasteiger partial charge on any atom is 0.387 e. The largest absolute Gasteiger partial charge is 0.435 e. The van der Waals surface area contributed by atoms with Crippen LogP contribution >= 0.6 is 11.3 Å². The molecule has 2 heterocycles. The number of hydrogen-bond donors (Lipinski definition) is 1. The Morgan fingerprint density at radius 3 is 2.56 bits per heavy atom. The Hall–Kier alpha value is -2.26. The zero-order valence-corrected chi connectivity index (χ0v) is 14.2. The zero-order chi connectivity index (χ0) is 17.6. The number of nitrogens with zero attached hydrogens (tertiary/aromatic N) is 3. The third-order valence-corrected chi connectivity index (χ3v) is 4.62. The van der Waals surface area contributed by atoms with Gasteiger partial charge in [-0.1, -0.05) is 0 Å². The van der Waals surface area contributed by atoms with Crippen molar-refractivity contribution in [2.24, 2.45) is 0 Å². The number of halogens is 2. The van der Waals surface area contributed by atoms with E-state index in [4.69, 9.17) is 0 Å². The van der Waals surface area contributed by atoms with E-state index in [1.54, 1.807) is 17.5 Å². The number of thiazole rings is 1. The monoisotopic (exact) mass is 368 g/mol. The number of alkyl halides is 2. The van der Waals surface area contributed by atoms with Crippen LogP contribution in [0.15, 0.2) is 35.8 Å². The number of benzene rings is 1. The van der Waals surface area contributed by atoms with E-state index < -0.39 is 6.61 Å². The van der Waals surface area contributed by atoms with E-state index in [-0.39, 0.29) is 11.7 Å². The molecule has 1 amide bonds. The van der Waals surface area contributed by atoms with Crippen LogP contribution in [0.1, 0.15) is 0 Å². The number of nitrogens with one attached hydrogen (secondary N) is 1. The third kappa shape index (κ3) is 5.10. The van der Waals surface area contributed by atoms with E-state index in [2.05, 4.69) is 24.8 Å². The highest BCUT2D eigenvalue weighted by Gasteiger charge is 2.20. The van der Waals surface area contributed by atoms with Gasteiger partial charge in [0.1, 0.15) is 5.75 Å². The smallest absolute Gasteiger partial charge is 0.387 e. The van der Waals surface area contributed by atoms with E-state index in [0.29, 0.717) is 12.2 Å². The predicted octanol–water partition coefficient (Wildman–Crippen LogP) is 2.51. The van der Waals surface area contributed by atoms with Gasteiger partial charge in [0.15, 0.2) is 5.13 Å². The van der Waals surface area contributed by atoms with Crippen LogP contribution < -0.4 is 15.0 Å². The van der Waals surface area contributed by atoms with Crippen LogP contribution in [-0.2, 0) is 4.79 Å². The molecule has 25 heavy (non-hydrogen) atoms. The van der Waals surface area contributed by atoms with Crippen molar-refractivity contribution in [3.63, 3.8) is 0 Å². The Labute approximate surface area is 148 Å². The molecule has 0 spiro atoms. The van der Waals surface area contributed by atoms with Crippen molar-refractivity contribution in [3.05, 3.63) is 35.8 Å². The molecule has 1 aromatic heterocycles. The minimum Gasteiger partial charge on any atom is -0.435 e. The van der Waals surface area contributed by atoms with Crippen molar-refractivity contribution in [1.82, 2.24) is 9.88 Å². The lowest BCUT2D eigenvalue weighted by atomic mass is 10.3. The van der Waals surface area contributed by atoms with Gasteiger partial charge in [0.25, 0.3) is 0 Å². The summed E-state index contributed by atoms with van der Waals surface area (Å²) < 4.78 is 28.5. The summed E-state index contributed by atoms with van der Waals surface area (Å²) in [6, 6.07) is 5.87. The van der Waals surface area contributed by atoms with Crippen LogP contribution in [0.2, 0.25) is 0 Å². The molecule has 0 atom stereocenters. The topological polar surface area (TPSA) is 57.7 Å². The van der Waals surface area contributed by atoms with E-state index in [1.807, 2.05) is 5.38 Å². The van der Waals surface area contributed by atoms with E-state index >= 15 is 0 Å². The highest BCUT2D eigenvalue weighted by molar-refractivity contribution is 7.13. The number of carbonyl (C=O) groups excluding carboxylic acids is 1. The second kappa shape index (κ2) is 8.21.